The first-order valence-corrected chi connectivity index (χ1v) is 7.77. The van der Waals surface area contributed by atoms with Crippen LogP contribution >= 0.6 is 0 Å². The molecule has 0 aromatic heterocycles. The largest absolute Gasteiger partial charge is 0.320 e. The summed E-state index contributed by atoms with van der Waals surface area (Å²) in [4.78, 5) is 2.39. The zero-order valence-electron chi connectivity index (χ0n) is 13.0. The molecule has 0 bridgehead atoms. The second-order valence-corrected chi connectivity index (χ2v) is 6.16. The maximum absolute atomic E-state index is 13.7. The van der Waals surface area contributed by atoms with Gasteiger partial charge in [0.15, 0.2) is 0 Å². The summed E-state index contributed by atoms with van der Waals surface area (Å²) in [5, 5.41) is 0. The normalized spacial score (nSPS) is 22.0. The molecule has 1 saturated carbocycles. The van der Waals surface area contributed by atoms with Crippen molar-refractivity contribution in [2.24, 2.45) is 11.7 Å². The van der Waals surface area contributed by atoms with Crippen molar-refractivity contribution in [3.8, 4) is 11.8 Å². The quantitative estimate of drug-likeness (QED) is 0.866. The van der Waals surface area contributed by atoms with Gasteiger partial charge >= 0.3 is 0 Å². The highest BCUT2D eigenvalue weighted by molar-refractivity contribution is 5.38. The molecule has 1 aromatic carbocycles. The molecule has 114 valence electrons. The number of nitrogens with zero attached hydrogens (tertiary/aromatic N) is 1. The van der Waals surface area contributed by atoms with Crippen LogP contribution in [0.15, 0.2) is 18.2 Å². The van der Waals surface area contributed by atoms with E-state index in [1.807, 2.05) is 12.1 Å². The SMILES string of the molecule is CC1CCCC(N(C)Cc2ccc(F)c(C#CCN)c2)C1. The molecule has 1 aliphatic carbocycles. The van der Waals surface area contributed by atoms with Gasteiger partial charge in [-0.2, -0.15) is 0 Å². The lowest BCUT2D eigenvalue weighted by atomic mass is 9.86. The van der Waals surface area contributed by atoms with Crippen molar-refractivity contribution < 1.29 is 4.39 Å². The third-order valence-electron chi connectivity index (χ3n) is 4.32. The lowest BCUT2D eigenvalue weighted by Crippen LogP contribution is -2.35. The molecule has 0 radical (unpaired) electrons. The van der Waals surface area contributed by atoms with Crippen LogP contribution in [-0.2, 0) is 6.54 Å². The van der Waals surface area contributed by atoms with Gasteiger partial charge in [-0.05, 0) is 43.5 Å². The van der Waals surface area contributed by atoms with E-state index < -0.39 is 0 Å². The Bertz CT molecular complexity index is 530. The zero-order chi connectivity index (χ0) is 15.2. The number of hydrogen-bond donors (Lipinski definition) is 1. The van der Waals surface area contributed by atoms with Crippen LogP contribution in [0.5, 0.6) is 0 Å². The number of hydrogen-bond acceptors (Lipinski definition) is 2. The highest BCUT2D eigenvalue weighted by Gasteiger charge is 2.22. The zero-order valence-corrected chi connectivity index (χ0v) is 13.0. The molecular weight excluding hydrogens is 263 g/mol. The minimum Gasteiger partial charge on any atom is -0.320 e. The average Bonchev–Trinajstić information content (AvgIpc) is 2.47. The van der Waals surface area contributed by atoms with Gasteiger partial charge in [-0.15, -0.1) is 0 Å². The van der Waals surface area contributed by atoms with Gasteiger partial charge in [-0.25, -0.2) is 4.39 Å². The van der Waals surface area contributed by atoms with Gasteiger partial charge in [0.1, 0.15) is 5.82 Å². The first-order chi connectivity index (χ1) is 10.1. The predicted molar refractivity (Wildman–Crippen MR) is 85.2 cm³/mol. The van der Waals surface area contributed by atoms with Gasteiger partial charge in [0, 0.05) is 12.6 Å². The van der Waals surface area contributed by atoms with Gasteiger partial charge in [0.2, 0.25) is 0 Å². The van der Waals surface area contributed by atoms with Gasteiger partial charge in [0.25, 0.3) is 0 Å². The fourth-order valence-corrected chi connectivity index (χ4v) is 3.13. The summed E-state index contributed by atoms with van der Waals surface area (Å²) < 4.78 is 13.7. The van der Waals surface area contributed by atoms with E-state index in [9.17, 15) is 4.39 Å². The Morgan fingerprint density at radius 3 is 2.90 bits per heavy atom. The summed E-state index contributed by atoms with van der Waals surface area (Å²) in [5.74, 6) is 6.06. The van der Waals surface area contributed by atoms with Crippen molar-refractivity contribution in [2.45, 2.75) is 45.2 Å². The monoisotopic (exact) mass is 288 g/mol. The fourth-order valence-electron chi connectivity index (χ4n) is 3.13. The van der Waals surface area contributed by atoms with Crippen molar-refractivity contribution in [1.29, 1.82) is 0 Å². The van der Waals surface area contributed by atoms with E-state index in [0.717, 1.165) is 18.0 Å². The number of nitrogens with two attached hydrogens (primary N) is 1. The van der Waals surface area contributed by atoms with E-state index in [-0.39, 0.29) is 12.4 Å². The standard InChI is InChI=1S/C18H25FN2/c1-14-5-3-7-17(11-14)21(2)13-15-8-9-18(19)16(12-15)6-4-10-20/h8-9,12,14,17H,3,5,7,10-11,13,20H2,1-2H3. The highest BCUT2D eigenvalue weighted by Crippen LogP contribution is 2.27. The van der Waals surface area contributed by atoms with E-state index in [2.05, 4.69) is 30.7 Å². The summed E-state index contributed by atoms with van der Waals surface area (Å²) in [5.41, 5.74) is 6.91. The minimum atomic E-state index is -0.270. The van der Waals surface area contributed by atoms with E-state index in [1.165, 1.54) is 31.7 Å². The molecule has 3 heteroatoms. The van der Waals surface area contributed by atoms with Crippen LogP contribution in [0.25, 0.3) is 0 Å². The molecule has 0 saturated heterocycles. The molecular formula is C18H25FN2. The predicted octanol–water partition coefficient (Wildman–Crippen LogP) is 3.15. The molecule has 2 nitrogen and oxygen atoms in total. The Hall–Kier alpha value is -1.37. The molecule has 0 amide bonds. The Kier molecular flexibility index (Phi) is 5.78. The van der Waals surface area contributed by atoms with Crippen molar-refractivity contribution in [3.05, 3.63) is 35.1 Å². The van der Waals surface area contributed by atoms with Crippen molar-refractivity contribution in [2.75, 3.05) is 13.6 Å². The smallest absolute Gasteiger partial charge is 0.138 e. The summed E-state index contributed by atoms with van der Waals surface area (Å²) in [6, 6.07) is 5.84. The molecule has 1 aromatic rings. The number of rotatable bonds is 3. The molecule has 0 aliphatic heterocycles. The molecule has 21 heavy (non-hydrogen) atoms. The van der Waals surface area contributed by atoms with Crippen molar-refractivity contribution in [3.63, 3.8) is 0 Å². The Labute approximate surface area is 127 Å². The second-order valence-electron chi connectivity index (χ2n) is 6.16. The lowest BCUT2D eigenvalue weighted by Gasteiger charge is -2.34. The Balaban J connectivity index is 2.05. The van der Waals surface area contributed by atoms with Crippen LogP contribution in [0.4, 0.5) is 4.39 Å². The third-order valence-corrected chi connectivity index (χ3v) is 4.32. The van der Waals surface area contributed by atoms with Crippen LogP contribution in [0, 0.1) is 23.6 Å². The molecule has 0 heterocycles. The summed E-state index contributed by atoms with van der Waals surface area (Å²) in [6.45, 7) is 3.43. The first kappa shape index (κ1) is 16.0. The maximum Gasteiger partial charge on any atom is 0.138 e. The van der Waals surface area contributed by atoms with E-state index in [4.69, 9.17) is 5.73 Å². The molecule has 0 spiro atoms. The number of halogens is 1. The molecule has 1 fully saturated rings. The fraction of sp³-hybridized carbons (Fsp3) is 0.556. The second kappa shape index (κ2) is 7.59. The van der Waals surface area contributed by atoms with Gasteiger partial charge in [-0.3, -0.25) is 4.90 Å². The van der Waals surface area contributed by atoms with Crippen molar-refractivity contribution in [1.82, 2.24) is 4.90 Å². The maximum atomic E-state index is 13.7. The van der Waals surface area contributed by atoms with E-state index in [1.54, 1.807) is 0 Å². The van der Waals surface area contributed by atoms with E-state index >= 15 is 0 Å². The lowest BCUT2D eigenvalue weighted by molar-refractivity contribution is 0.157. The van der Waals surface area contributed by atoms with Crippen LogP contribution in [0.1, 0.15) is 43.7 Å². The highest BCUT2D eigenvalue weighted by atomic mass is 19.1. The first-order valence-electron chi connectivity index (χ1n) is 7.77. The van der Waals surface area contributed by atoms with Gasteiger partial charge < -0.3 is 5.73 Å². The topological polar surface area (TPSA) is 29.3 Å². The Morgan fingerprint density at radius 1 is 1.38 bits per heavy atom. The Morgan fingerprint density at radius 2 is 2.19 bits per heavy atom. The van der Waals surface area contributed by atoms with Crippen molar-refractivity contribution >= 4 is 0 Å². The average molecular weight is 288 g/mol. The van der Waals surface area contributed by atoms with Gasteiger partial charge in [-0.1, -0.05) is 37.7 Å². The summed E-state index contributed by atoms with van der Waals surface area (Å²) in [6.07, 6.45) is 5.19. The van der Waals surface area contributed by atoms with Crippen LogP contribution in [-0.4, -0.2) is 24.5 Å². The van der Waals surface area contributed by atoms with Crippen LogP contribution in [0.2, 0.25) is 0 Å². The molecule has 2 atom stereocenters. The summed E-state index contributed by atoms with van der Waals surface area (Å²) in [7, 11) is 2.16. The van der Waals surface area contributed by atoms with E-state index in [0.29, 0.717) is 11.6 Å². The van der Waals surface area contributed by atoms with Crippen LogP contribution < -0.4 is 5.73 Å². The van der Waals surface area contributed by atoms with Crippen LogP contribution in [0.3, 0.4) is 0 Å². The molecule has 1 aliphatic rings. The van der Waals surface area contributed by atoms with Gasteiger partial charge in [0.05, 0.1) is 12.1 Å². The molecule has 2 N–H and O–H groups in total. The molecule has 2 unspecified atom stereocenters. The summed E-state index contributed by atoms with van der Waals surface area (Å²) >= 11 is 0. The third kappa shape index (κ3) is 4.56. The number of benzene rings is 1. The molecule has 2 rings (SSSR count). The minimum absolute atomic E-state index is 0.254.